The Hall–Kier alpha value is -0.120. The maximum atomic E-state index is 3.46. The number of fused-ring (bicyclic) bond motifs is 2. The van der Waals surface area contributed by atoms with Crippen molar-refractivity contribution < 1.29 is 0 Å². The molecule has 0 aromatic carbocycles. The minimum atomic E-state index is 0.860. The first kappa shape index (κ1) is 20.9. The summed E-state index contributed by atoms with van der Waals surface area (Å²) in [7, 11) is 2.32. The molecule has 0 saturated carbocycles. The van der Waals surface area contributed by atoms with Crippen LogP contribution in [0.2, 0.25) is 0 Å². The zero-order valence-corrected chi connectivity index (χ0v) is 15.8. The Balaban J connectivity index is 0.000000598. The van der Waals surface area contributed by atoms with Gasteiger partial charge in [-0.3, -0.25) is 9.80 Å². The normalized spacial score (nSPS) is 29.3. The molecule has 0 radical (unpaired) electrons. The van der Waals surface area contributed by atoms with Crippen LogP contribution in [-0.2, 0) is 0 Å². The average Bonchev–Trinajstić information content (AvgIpc) is 2.82. The topological polar surface area (TPSA) is 18.5 Å². The van der Waals surface area contributed by atoms with Crippen LogP contribution in [0.4, 0.5) is 0 Å². The Morgan fingerprint density at radius 1 is 0.667 bits per heavy atom. The molecular formula is C18H41N3. The zero-order valence-electron chi connectivity index (χ0n) is 15.8. The highest BCUT2D eigenvalue weighted by atomic mass is 15.3. The van der Waals surface area contributed by atoms with Gasteiger partial charge in [-0.25, -0.2) is 0 Å². The summed E-state index contributed by atoms with van der Waals surface area (Å²) in [5.74, 6) is 0. The first-order chi connectivity index (χ1) is 10.3. The summed E-state index contributed by atoms with van der Waals surface area (Å²) in [6.07, 6.45) is 5.59. The van der Waals surface area contributed by atoms with E-state index in [4.69, 9.17) is 0 Å². The number of nitrogens with one attached hydrogen (secondary N) is 1. The third kappa shape index (κ3) is 5.88. The monoisotopic (exact) mass is 299 g/mol. The third-order valence-corrected chi connectivity index (χ3v) is 4.70. The van der Waals surface area contributed by atoms with Crippen LogP contribution in [-0.4, -0.2) is 61.2 Å². The fourth-order valence-corrected chi connectivity index (χ4v) is 3.62. The molecule has 3 heteroatoms. The van der Waals surface area contributed by atoms with Crippen LogP contribution >= 0.6 is 0 Å². The first-order valence-electron chi connectivity index (χ1n) is 9.51. The Morgan fingerprint density at radius 2 is 1.10 bits per heavy atom. The lowest BCUT2D eigenvalue weighted by molar-refractivity contribution is 0.0474. The standard InChI is InChI=1S/C12H23N3.3C2H6/c1-14-11-2-3-12(14)9-15(8-11)10-4-6-13-7-5-10;3*1-2/h10-13H,2-9H2,1H3;3*1-2H3. The Labute approximate surface area is 134 Å². The van der Waals surface area contributed by atoms with Gasteiger partial charge in [0, 0.05) is 31.2 Å². The van der Waals surface area contributed by atoms with Gasteiger partial charge < -0.3 is 5.32 Å². The summed E-state index contributed by atoms with van der Waals surface area (Å²) in [5, 5.41) is 3.46. The summed E-state index contributed by atoms with van der Waals surface area (Å²) < 4.78 is 0. The average molecular weight is 300 g/mol. The molecule has 2 bridgehead atoms. The van der Waals surface area contributed by atoms with Crippen LogP contribution in [0.1, 0.15) is 67.2 Å². The number of piperidine rings is 1. The van der Waals surface area contributed by atoms with Crippen molar-refractivity contribution in [3.05, 3.63) is 0 Å². The van der Waals surface area contributed by atoms with E-state index < -0.39 is 0 Å². The smallest absolute Gasteiger partial charge is 0.0224 e. The van der Waals surface area contributed by atoms with Gasteiger partial charge in [0.2, 0.25) is 0 Å². The number of nitrogens with zero attached hydrogens (tertiary/aromatic N) is 2. The molecule has 2 atom stereocenters. The summed E-state index contributed by atoms with van der Waals surface area (Å²) in [6.45, 7) is 17.1. The van der Waals surface area contributed by atoms with Gasteiger partial charge in [0.15, 0.2) is 0 Å². The fraction of sp³-hybridized carbons (Fsp3) is 1.00. The second kappa shape index (κ2) is 12.4. The van der Waals surface area contributed by atoms with Gasteiger partial charge in [-0.15, -0.1) is 0 Å². The fourth-order valence-electron chi connectivity index (χ4n) is 3.62. The molecule has 0 aliphatic carbocycles. The lowest BCUT2D eigenvalue weighted by Gasteiger charge is -2.44. The number of likely N-dealkylation sites (tertiary alicyclic amines) is 1. The van der Waals surface area contributed by atoms with Gasteiger partial charge in [-0.05, 0) is 45.8 Å². The molecule has 3 fully saturated rings. The number of likely N-dealkylation sites (N-methyl/N-ethyl adjacent to an activating group) is 1. The molecule has 3 aliphatic heterocycles. The van der Waals surface area contributed by atoms with Gasteiger partial charge in [-0.1, -0.05) is 41.5 Å². The van der Waals surface area contributed by atoms with E-state index in [1.165, 1.54) is 51.9 Å². The van der Waals surface area contributed by atoms with Crippen molar-refractivity contribution in [1.82, 2.24) is 15.1 Å². The molecule has 2 unspecified atom stereocenters. The molecule has 0 aromatic rings. The van der Waals surface area contributed by atoms with E-state index in [0.29, 0.717) is 0 Å². The van der Waals surface area contributed by atoms with Crippen molar-refractivity contribution in [3.63, 3.8) is 0 Å². The summed E-state index contributed by atoms with van der Waals surface area (Å²) in [6, 6.07) is 2.60. The highest BCUT2D eigenvalue weighted by molar-refractivity contribution is 4.96. The molecule has 3 heterocycles. The van der Waals surface area contributed by atoms with Gasteiger partial charge >= 0.3 is 0 Å². The van der Waals surface area contributed by atoms with Gasteiger partial charge in [0.1, 0.15) is 0 Å². The van der Waals surface area contributed by atoms with Crippen LogP contribution in [0.15, 0.2) is 0 Å². The minimum absolute atomic E-state index is 0.860. The second-order valence-corrected chi connectivity index (χ2v) is 5.49. The van der Waals surface area contributed by atoms with Crippen molar-refractivity contribution >= 4 is 0 Å². The summed E-state index contributed by atoms with van der Waals surface area (Å²) in [5.41, 5.74) is 0. The third-order valence-electron chi connectivity index (χ3n) is 4.70. The Bertz CT molecular complexity index is 213. The molecule has 3 nitrogen and oxygen atoms in total. The van der Waals surface area contributed by atoms with E-state index in [9.17, 15) is 0 Å². The minimum Gasteiger partial charge on any atom is -0.317 e. The molecule has 3 aliphatic rings. The van der Waals surface area contributed by atoms with Crippen LogP contribution < -0.4 is 5.32 Å². The van der Waals surface area contributed by atoms with Crippen molar-refractivity contribution in [2.45, 2.75) is 85.4 Å². The lowest BCUT2D eigenvalue weighted by atomic mass is 10.0. The maximum Gasteiger partial charge on any atom is 0.0224 e. The predicted octanol–water partition coefficient (Wildman–Crippen LogP) is 3.60. The highest BCUT2D eigenvalue weighted by Crippen LogP contribution is 2.30. The molecular weight excluding hydrogens is 258 g/mol. The Morgan fingerprint density at radius 3 is 1.52 bits per heavy atom. The van der Waals surface area contributed by atoms with Gasteiger partial charge in [-0.2, -0.15) is 0 Å². The molecule has 0 aromatic heterocycles. The van der Waals surface area contributed by atoms with Crippen molar-refractivity contribution in [2.75, 3.05) is 33.2 Å². The van der Waals surface area contributed by atoms with Gasteiger partial charge in [0.25, 0.3) is 0 Å². The van der Waals surface area contributed by atoms with Crippen LogP contribution in [0.5, 0.6) is 0 Å². The first-order valence-corrected chi connectivity index (χ1v) is 9.51. The van der Waals surface area contributed by atoms with Crippen LogP contribution in [0.25, 0.3) is 0 Å². The molecule has 3 saturated heterocycles. The van der Waals surface area contributed by atoms with E-state index in [1.54, 1.807) is 0 Å². The van der Waals surface area contributed by atoms with Crippen molar-refractivity contribution in [2.24, 2.45) is 0 Å². The van der Waals surface area contributed by atoms with E-state index in [-0.39, 0.29) is 0 Å². The highest BCUT2D eigenvalue weighted by Gasteiger charge is 2.39. The number of hydrogen-bond donors (Lipinski definition) is 1. The molecule has 1 N–H and O–H groups in total. The Kier molecular flexibility index (Phi) is 12.4. The van der Waals surface area contributed by atoms with E-state index >= 15 is 0 Å². The molecule has 0 spiro atoms. The summed E-state index contributed by atoms with van der Waals surface area (Å²) in [4.78, 5) is 5.40. The van der Waals surface area contributed by atoms with Crippen molar-refractivity contribution in [1.29, 1.82) is 0 Å². The maximum absolute atomic E-state index is 3.46. The summed E-state index contributed by atoms with van der Waals surface area (Å²) >= 11 is 0. The van der Waals surface area contributed by atoms with E-state index in [1.807, 2.05) is 41.5 Å². The molecule has 3 rings (SSSR count). The van der Waals surface area contributed by atoms with Crippen LogP contribution in [0.3, 0.4) is 0 Å². The van der Waals surface area contributed by atoms with Crippen LogP contribution in [0, 0.1) is 0 Å². The van der Waals surface area contributed by atoms with Crippen molar-refractivity contribution in [3.8, 4) is 0 Å². The van der Waals surface area contributed by atoms with E-state index in [0.717, 1.165) is 18.1 Å². The largest absolute Gasteiger partial charge is 0.317 e. The van der Waals surface area contributed by atoms with E-state index in [2.05, 4.69) is 22.2 Å². The molecule has 128 valence electrons. The second-order valence-electron chi connectivity index (χ2n) is 5.49. The van der Waals surface area contributed by atoms with Gasteiger partial charge in [0.05, 0.1) is 0 Å². The quantitative estimate of drug-likeness (QED) is 0.798. The number of piperazine rings is 1. The zero-order chi connectivity index (χ0) is 16.3. The molecule has 0 amide bonds. The SMILES string of the molecule is CC.CC.CC.CN1C2CCC1CN(C1CCNCC1)C2. The number of hydrogen-bond acceptors (Lipinski definition) is 3. The number of rotatable bonds is 1. The lowest BCUT2D eigenvalue weighted by Crippen LogP contribution is -2.56. The molecule has 21 heavy (non-hydrogen) atoms. The predicted molar refractivity (Wildman–Crippen MR) is 96.1 cm³/mol.